The Hall–Kier alpha value is -1.26. The number of guanidine groups is 1. The Labute approximate surface area is 156 Å². The number of hydrogen-bond donors (Lipinski definition) is 1. The van der Waals surface area contributed by atoms with Gasteiger partial charge in [-0.15, -0.1) is 0 Å². The second-order valence-corrected chi connectivity index (χ2v) is 7.54. The van der Waals surface area contributed by atoms with Gasteiger partial charge >= 0.3 is 0 Å². The van der Waals surface area contributed by atoms with Gasteiger partial charge in [-0.25, -0.2) is 0 Å². The van der Waals surface area contributed by atoms with E-state index in [9.17, 15) is 0 Å². The summed E-state index contributed by atoms with van der Waals surface area (Å²) in [5.41, 5.74) is 1.52. The van der Waals surface area contributed by atoms with Gasteiger partial charge in [0.15, 0.2) is 5.96 Å². The van der Waals surface area contributed by atoms with Crippen LogP contribution in [0.15, 0.2) is 29.3 Å². The number of benzene rings is 1. The van der Waals surface area contributed by atoms with Crippen molar-refractivity contribution in [2.75, 3.05) is 32.8 Å². The lowest BCUT2D eigenvalue weighted by Gasteiger charge is -2.34. The second-order valence-electron chi connectivity index (χ2n) is 7.10. The molecule has 1 saturated heterocycles. The fourth-order valence-corrected chi connectivity index (χ4v) is 3.82. The van der Waals surface area contributed by atoms with Crippen molar-refractivity contribution in [3.63, 3.8) is 0 Å². The van der Waals surface area contributed by atoms with E-state index < -0.39 is 0 Å². The molecule has 1 aromatic carbocycles. The molecule has 1 heterocycles. The molecule has 0 atom stereocenters. The number of aliphatic imine (C=N–C) groups is 1. The van der Waals surface area contributed by atoms with Crippen LogP contribution in [0.4, 0.5) is 0 Å². The van der Waals surface area contributed by atoms with E-state index in [2.05, 4.69) is 36.2 Å². The number of ether oxygens (including phenoxy) is 1. The summed E-state index contributed by atoms with van der Waals surface area (Å²) in [7, 11) is 0. The predicted molar refractivity (Wildman–Crippen MR) is 105 cm³/mol. The Bertz CT molecular complexity index is 592. The summed E-state index contributed by atoms with van der Waals surface area (Å²) in [6.07, 6.45) is 4.96. The quantitative estimate of drug-likeness (QED) is 0.616. The van der Waals surface area contributed by atoms with Crippen molar-refractivity contribution < 1.29 is 4.74 Å². The summed E-state index contributed by atoms with van der Waals surface area (Å²) < 4.78 is 5.76. The van der Waals surface area contributed by atoms with Gasteiger partial charge in [0.2, 0.25) is 0 Å². The number of rotatable bonds is 6. The van der Waals surface area contributed by atoms with Gasteiger partial charge in [0.25, 0.3) is 0 Å². The van der Waals surface area contributed by atoms with Crippen molar-refractivity contribution in [3.8, 4) is 0 Å². The van der Waals surface area contributed by atoms with E-state index in [1.807, 2.05) is 12.1 Å². The molecule has 1 aliphatic heterocycles. The molecule has 0 bridgehead atoms. The molecule has 2 aliphatic rings. The summed E-state index contributed by atoms with van der Waals surface area (Å²) >= 11 is 6.18. The highest BCUT2D eigenvalue weighted by Crippen LogP contribution is 2.48. The van der Waals surface area contributed by atoms with Crippen LogP contribution in [0, 0.1) is 0 Å². The van der Waals surface area contributed by atoms with Crippen LogP contribution in [0.3, 0.4) is 0 Å². The molecule has 25 heavy (non-hydrogen) atoms. The normalized spacial score (nSPS) is 20.6. The highest BCUT2D eigenvalue weighted by Gasteiger charge is 2.44. The van der Waals surface area contributed by atoms with Crippen molar-refractivity contribution in [1.29, 1.82) is 0 Å². The van der Waals surface area contributed by atoms with Gasteiger partial charge in [-0.2, -0.15) is 0 Å². The average molecular weight is 364 g/mol. The third kappa shape index (κ3) is 4.68. The first-order chi connectivity index (χ1) is 12.2. The number of halogens is 1. The molecule has 0 radical (unpaired) electrons. The van der Waals surface area contributed by atoms with Crippen LogP contribution < -0.4 is 5.32 Å². The average Bonchev–Trinajstić information content (AvgIpc) is 3.41. The Morgan fingerprint density at radius 1 is 1.32 bits per heavy atom. The predicted octanol–water partition coefficient (Wildman–Crippen LogP) is 3.84. The molecule has 1 aromatic rings. The fraction of sp³-hybridized carbons (Fsp3) is 0.650. The maximum absolute atomic E-state index is 6.18. The Morgan fingerprint density at radius 2 is 2.08 bits per heavy atom. The lowest BCUT2D eigenvalue weighted by molar-refractivity contribution is 0.0263. The zero-order valence-corrected chi connectivity index (χ0v) is 16.2. The summed E-state index contributed by atoms with van der Waals surface area (Å²) in [6, 6.07) is 8.28. The molecule has 0 amide bonds. The molecule has 3 rings (SSSR count). The summed E-state index contributed by atoms with van der Waals surface area (Å²) in [6.45, 7) is 8.77. The lowest BCUT2D eigenvalue weighted by atomic mass is 9.96. The Kier molecular flexibility index (Phi) is 6.24. The molecule has 1 aliphatic carbocycles. The van der Waals surface area contributed by atoms with E-state index in [1.54, 1.807) is 0 Å². The van der Waals surface area contributed by atoms with Crippen LogP contribution in [0.1, 0.15) is 45.1 Å². The molecule has 0 unspecified atom stereocenters. The molecule has 1 saturated carbocycles. The third-order valence-electron chi connectivity index (χ3n) is 5.30. The SMILES string of the molecule is CCNC(=NCC1(c2cccc(Cl)c2)CC1)N1CCC(OCC)CC1. The number of hydrogen-bond acceptors (Lipinski definition) is 2. The summed E-state index contributed by atoms with van der Waals surface area (Å²) in [5.74, 6) is 1.05. The molecular formula is C20H30ClN3O. The molecule has 1 N–H and O–H groups in total. The van der Waals surface area contributed by atoms with Crippen molar-refractivity contribution in [2.24, 2.45) is 4.99 Å². The van der Waals surface area contributed by atoms with Gasteiger partial charge in [0, 0.05) is 36.7 Å². The molecule has 0 spiro atoms. The highest BCUT2D eigenvalue weighted by atomic mass is 35.5. The third-order valence-corrected chi connectivity index (χ3v) is 5.54. The first kappa shape index (κ1) is 18.5. The van der Waals surface area contributed by atoms with Crippen LogP contribution in [0.2, 0.25) is 5.02 Å². The minimum Gasteiger partial charge on any atom is -0.378 e. The molecule has 5 heteroatoms. The van der Waals surface area contributed by atoms with Gasteiger partial charge in [-0.05, 0) is 57.2 Å². The van der Waals surface area contributed by atoms with Crippen LogP contribution in [-0.4, -0.2) is 49.7 Å². The first-order valence-electron chi connectivity index (χ1n) is 9.58. The van der Waals surface area contributed by atoms with Gasteiger partial charge in [0.05, 0.1) is 12.6 Å². The van der Waals surface area contributed by atoms with Gasteiger partial charge in [-0.1, -0.05) is 23.7 Å². The summed E-state index contributed by atoms with van der Waals surface area (Å²) in [5, 5.41) is 4.29. The van der Waals surface area contributed by atoms with Gasteiger partial charge < -0.3 is 15.0 Å². The van der Waals surface area contributed by atoms with Crippen molar-refractivity contribution in [3.05, 3.63) is 34.9 Å². The molecule has 4 nitrogen and oxygen atoms in total. The van der Waals surface area contributed by atoms with Crippen molar-refractivity contribution >= 4 is 17.6 Å². The maximum atomic E-state index is 6.18. The van der Waals surface area contributed by atoms with Crippen LogP contribution in [-0.2, 0) is 10.2 Å². The topological polar surface area (TPSA) is 36.9 Å². The Morgan fingerprint density at radius 3 is 2.68 bits per heavy atom. The number of nitrogens with one attached hydrogen (secondary N) is 1. The van der Waals surface area contributed by atoms with Crippen LogP contribution in [0.5, 0.6) is 0 Å². The number of likely N-dealkylation sites (tertiary alicyclic amines) is 1. The molecule has 138 valence electrons. The molecule has 0 aromatic heterocycles. The van der Waals surface area contributed by atoms with Crippen LogP contribution >= 0.6 is 11.6 Å². The smallest absolute Gasteiger partial charge is 0.193 e. The maximum Gasteiger partial charge on any atom is 0.193 e. The first-order valence-corrected chi connectivity index (χ1v) is 9.95. The number of nitrogens with zero attached hydrogens (tertiary/aromatic N) is 2. The summed E-state index contributed by atoms with van der Waals surface area (Å²) in [4.78, 5) is 7.38. The molecular weight excluding hydrogens is 334 g/mol. The second kappa shape index (κ2) is 8.41. The Balaban J connectivity index is 1.65. The van der Waals surface area contributed by atoms with E-state index in [0.717, 1.165) is 56.6 Å². The highest BCUT2D eigenvalue weighted by molar-refractivity contribution is 6.30. The van der Waals surface area contributed by atoms with Crippen molar-refractivity contribution in [1.82, 2.24) is 10.2 Å². The van der Waals surface area contributed by atoms with Gasteiger partial charge in [0.1, 0.15) is 0 Å². The number of piperidine rings is 1. The lowest BCUT2D eigenvalue weighted by Crippen LogP contribution is -2.47. The van der Waals surface area contributed by atoms with Crippen molar-refractivity contribution in [2.45, 2.75) is 51.0 Å². The minimum absolute atomic E-state index is 0.190. The van der Waals surface area contributed by atoms with E-state index in [4.69, 9.17) is 21.3 Å². The monoisotopic (exact) mass is 363 g/mol. The van der Waals surface area contributed by atoms with E-state index in [-0.39, 0.29) is 5.41 Å². The zero-order valence-electron chi connectivity index (χ0n) is 15.4. The van der Waals surface area contributed by atoms with Crippen LogP contribution in [0.25, 0.3) is 0 Å². The molecule has 2 fully saturated rings. The minimum atomic E-state index is 0.190. The fourth-order valence-electron chi connectivity index (χ4n) is 3.63. The van der Waals surface area contributed by atoms with E-state index in [1.165, 1.54) is 18.4 Å². The van der Waals surface area contributed by atoms with E-state index >= 15 is 0 Å². The standard InChI is InChI=1S/C20H30ClN3O/c1-3-22-19(24-12-8-18(9-13-24)25-4-2)23-15-20(10-11-20)16-6-5-7-17(21)14-16/h5-7,14,18H,3-4,8-13,15H2,1-2H3,(H,22,23). The van der Waals surface area contributed by atoms with E-state index in [0.29, 0.717) is 6.10 Å². The zero-order chi connectivity index (χ0) is 17.7. The van der Waals surface area contributed by atoms with Gasteiger partial charge in [-0.3, -0.25) is 4.99 Å². The largest absolute Gasteiger partial charge is 0.378 e.